The highest BCUT2D eigenvalue weighted by molar-refractivity contribution is 8.22. The van der Waals surface area contributed by atoms with E-state index in [1.807, 2.05) is 0 Å². The van der Waals surface area contributed by atoms with Crippen molar-refractivity contribution in [3.8, 4) is 0 Å². The maximum Gasteiger partial charge on any atom is 0.266 e. The third-order valence-electron chi connectivity index (χ3n) is 0.815. The highest BCUT2D eigenvalue weighted by atomic mass is 32.2. The van der Waals surface area contributed by atoms with Crippen LogP contribution >= 0.6 is 24.0 Å². The molecule has 7 heteroatoms. The number of hydrogen-bond donors (Lipinski definition) is 2. The molecule has 0 aromatic heterocycles. The molecule has 0 unspecified atom stereocenters. The molecule has 0 aliphatic carbocycles. The zero-order valence-electron chi connectivity index (χ0n) is 5.90. The molecular weight excluding hydrogens is 206 g/mol. The van der Waals surface area contributed by atoms with Gasteiger partial charge >= 0.3 is 0 Å². The highest BCUT2D eigenvalue weighted by Gasteiger charge is 2.03. The summed E-state index contributed by atoms with van der Waals surface area (Å²) in [6, 6.07) is 0. The van der Waals surface area contributed by atoms with Gasteiger partial charge in [-0.1, -0.05) is 12.2 Å². The summed E-state index contributed by atoms with van der Waals surface area (Å²) in [4.78, 5) is 0. The van der Waals surface area contributed by atoms with Crippen molar-refractivity contribution < 1.29 is 13.0 Å². The second-order valence-corrected chi connectivity index (χ2v) is 4.76. The standard InChI is InChI=1S/C4H9NO3S3/c1-10-4(9)5-2-3-11(6,7)8/h2-3H2,1H3,(H,5,9)(H,6,7,8). The Morgan fingerprint density at radius 3 is 2.64 bits per heavy atom. The molecule has 0 saturated heterocycles. The smallest absolute Gasteiger partial charge is 0.266 e. The molecule has 0 radical (unpaired) electrons. The summed E-state index contributed by atoms with van der Waals surface area (Å²) in [6.07, 6.45) is 1.78. The predicted octanol–water partition coefficient (Wildman–Crippen LogP) is 0.112. The lowest BCUT2D eigenvalue weighted by molar-refractivity contribution is 0.482. The first-order chi connectivity index (χ1) is 4.95. The number of thiocarbonyl (C=S) groups is 1. The van der Waals surface area contributed by atoms with Gasteiger partial charge in [-0.2, -0.15) is 8.42 Å². The summed E-state index contributed by atoms with van der Waals surface area (Å²) in [7, 11) is -3.86. The number of rotatable bonds is 3. The molecule has 0 amide bonds. The Bertz CT molecular complexity index is 223. The van der Waals surface area contributed by atoms with Crippen LogP contribution in [0.1, 0.15) is 0 Å². The van der Waals surface area contributed by atoms with Gasteiger partial charge in [0.15, 0.2) is 0 Å². The summed E-state index contributed by atoms with van der Waals surface area (Å²) >= 11 is 6.04. The molecule has 0 fully saturated rings. The minimum absolute atomic E-state index is 0.151. The third kappa shape index (κ3) is 8.05. The maximum atomic E-state index is 10.2. The molecule has 2 N–H and O–H groups in total. The molecule has 0 aliphatic heterocycles. The Balaban J connectivity index is 3.51. The number of nitrogens with one attached hydrogen (secondary N) is 1. The van der Waals surface area contributed by atoms with Gasteiger partial charge in [0, 0.05) is 6.54 Å². The van der Waals surface area contributed by atoms with Crippen molar-refractivity contribution in [3.05, 3.63) is 0 Å². The van der Waals surface area contributed by atoms with E-state index in [1.54, 1.807) is 6.26 Å². The third-order valence-corrected chi connectivity index (χ3v) is 2.69. The van der Waals surface area contributed by atoms with E-state index in [-0.39, 0.29) is 12.3 Å². The van der Waals surface area contributed by atoms with E-state index >= 15 is 0 Å². The van der Waals surface area contributed by atoms with Gasteiger partial charge < -0.3 is 5.32 Å². The Kier molecular flexibility index (Phi) is 4.98. The average molecular weight is 215 g/mol. The first-order valence-electron chi connectivity index (χ1n) is 2.72. The van der Waals surface area contributed by atoms with Crippen molar-refractivity contribution >= 4 is 38.4 Å². The van der Waals surface area contributed by atoms with Gasteiger partial charge in [-0.05, 0) is 6.26 Å². The molecule has 0 bridgehead atoms. The lowest BCUT2D eigenvalue weighted by Gasteiger charge is -2.01. The van der Waals surface area contributed by atoms with Gasteiger partial charge in [0.2, 0.25) is 0 Å². The highest BCUT2D eigenvalue weighted by Crippen LogP contribution is 1.92. The van der Waals surface area contributed by atoms with Gasteiger partial charge in [0.25, 0.3) is 10.1 Å². The van der Waals surface area contributed by atoms with Crippen LogP contribution in [-0.2, 0) is 10.1 Å². The van der Waals surface area contributed by atoms with Crippen molar-refractivity contribution in [1.29, 1.82) is 0 Å². The van der Waals surface area contributed by atoms with Crippen LogP contribution in [0.15, 0.2) is 0 Å². The van der Waals surface area contributed by atoms with Crippen LogP contribution in [0.3, 0.4) is 0 Å². The average Bonchev–Trinajstić information content (AvgIpc) is 1.85. The molecule has 0 spiro atoms. The van der Waals surface area contributed by atoms with E-state index in [9.17, 15) is 8.42 Å². The first kappa shape index (κ1) is 11.2. The van der Waals surface area contributed by atoms with E-state index in [1.165, 1.54) is 11.8 Å². The SMILES string of the molecule is CSC(=S)NCCS(=O)(=O)O. The minimum Gasteiger partial charge on any atom is -0.370 e. The lowest BCUT2D eigenvalue weighted by Crippen LogP contribution is -2.25. The largest absolute Gasteiger partial charge is 0.370 e. The molecule has 0 heterocycles. The summed E-state index contributed by atoms with van der Waals surface area (Å²) in [5.74, 6) is -0.312. The Morgan fingerprint density at radius 1 is 1.73 bits per heavy atom. The van der Waals surface area contributed by atoms with Gasteiger partial charge in [-0.25, -0.2) is 0 Å². The number of thioether (sulfide) groups is 1. The van der Waals surface area contributed by atoms with E-state index in [4.69, 9.17) is 16.8 Å². The fraction of sp³-hybridized carbons (Fsp3) is 0.750. The van der Waals surface area contributed by atoms with Crippen LogP contribution in [0.5, 0.6) is 0 Å². The maximum absolute atomic E-state index is 10.2. The van der Waals surface area contributed by atoms with Gasteiger partial charge in [-0.15, -0.1) is 11.8 Å². The topological polar surface area (TPSA) is 66.4 Å². The molecule has 66 valence electrons. The zero-order valence-corrected chi connectivity index (χ0v) is 8.35. The van der Waals surface area contributed by atoms with Gasteiger partial charge in [-0.3, -0.25) is 4.55 Å². The minimum atomic E-state index is -3.86. The molecule has 0 aromatic carbocycles. The fourth-order valence-corrected chi connectivity index (χ4v) is 1.06. The molecule has 11 heavy (non-hydrogen) atoms. The summed E-state index contributed by atoms with van der Waals surface area (Å²) < 4.78 is 29.1. The first-order valence-corrected chi connectivity index (χ1v) is 5.97. The predicted molar refractivity (Wildman–Crippen MR) is 50.5 cm³/mol. The molecule has 0 atom stereocenters. The lowest BCUT2D eigenvalue weighted by atomic mass is 10.8. The Morgan fingerprint density at radius 2 is 2.27 bits per heavy atom. The number of hydrogen-bond acceptors (Lipinski definition) is 4. The van der Waals surface area contributed by atoms with Crippen LogP contribution in [0.2, 0.25) is 0 Å². The second-order valence-electron chi connectivity index (χ2n) is 1.70. The molecule has 0 aromatic rings. The summed E-state index contributed by atoms with van der Waals surface area (Å²) in [5.41, 5.74) is 0. The summed E-state index contributed by atoms with van der Waals surface area (Å²) in [6.45, 7) is 0.151. The molecule has 4 nitrogen and oxygen atoms in total. The quantitative estimate of drug-likeness (QED) is 0.514. The summed E-state index contributed by atoms with van der Waals surface area (Å²) in [5, 5.41) is 2.64. The van der Waals surface area contributed by atoms with Crippen LogP contribution in [0, 0.1) is 0 Å². The van der Waals surface area contributed by atoms with E-state index in [0.29, 0.717) is 4.32 Å². The van der Waals surface area contributed by atoms with Crippen molar-refractivity contribution in [1.82, 2.24) is 5.32 Å². The van der Waals surface area contributed by atoms with Crippen molar-refractivity contribution in [2.24, 2.45) is 0 Å². The second kappa shape index (κ2) is 4.91. The normalized spacial score (nSPS) is 11.1. The van der Waals surface area contributed by atoms with Crippen molar-refractivity contribution in [3.63, 3.8) is 0 Å². The van der Waals surface area contributed by atoms with Crippen molar-refractivity contribution in [2.75, 3.05) is 18.6 Å². The van der Waals surface area contributed by atoms with Crippen LogP contribution in [0.25, 0.3) is 0 Å². The van der Waals surface area contributed by atoms with E-state index in [2.05, 4.69) is 5.32 Å². The van der Waals surface area contributed by atoms with Crippen molar-refractivity contribution in [2.45, 2.75) is 0 Å². The monoisotopic (exact) mass is 215 g/mol. The zero-order chi connectivity index (χ0) is 8.91. The van der Waals surface area contributed by atoms with E-state index < -0.39 is 10.1 Å². The molecule has 0 rings (SSSR count). The molecule has 0 saturated carbocycles. The Hall–Kier alpha value is 0.150. The van der Waals surface area contributed by atoms with Crippen LogP contribution in [0.4, 0.5) is 0 Å². The molecular formula is C4H9NO3S3. The van der Waals surface area contributed by atoms with E-state index in [0.717, 1.165) is 0 Å². The molecule has 0 aliphatic rings. The fourth-order valence-electron chi connectivity index (χ4n) is 0.354. The van der Waals surface area contributed by atoms with Gasteiger partial charge in [0.05, 0.1) is 5.75 Å². The van der Waals surface area contributed by atoms with Gasteiger partial charge in [0.1, 0.15) is 4.32 Å². The Labute approximate surface area is 75.5 Å². The van der Waals surface area contributed by atoms with Crippen LogP contribution < -0.4 is 5.32 Å². The van der Waals surface area contributed by atoms with Crippen LogP contribution in [-0.4, -0.2) is 35.8 Å².